The average Bonchev–Trinajstić information content (AvgIpc) is 2.92. The number of rotatable bonds is 10. The molecule has 0 aliphatic carbocycles. The van der Waals surface area contributed by atoms with Crippen molar-refractivity contribution >= 4 is 45.7 Å². The van der Waals surface area contributed by atoms with Crippen LogP contribution in [-0.4, -0.2) is 8.42 Å². The molecule has 0 amide bonds. The molecule has 4 rings (SSSR count). The van der Waals surface area contributed by atoms with Crippen LogP contribution in [0.2, 0.25) is 0 Å². The first-order valence-corrected chi connectivity index (χ1v) is 20.0. The van der Waals surface area contributed by atoms with Crippen LogP contribution < -0.4 is 0 Å². The summed E-state index contributed by atoms with van der Waals surface area (Å²) >= 11 is 0. The Bertz CT molecular complexity index is 1370. The van der Waals surface area contributed by atoms with Gasteiger partial charge in [-0.05, 0) is 88.4 Å². The molecule has 0 saturated carbocycles. The van der Waals surface area contributed by atoms with Gasteiger partial charge in [0.1, 0.15) is 0 Å². The molecule has 0 aliphatic rings. The van der Waals surface area contributed by atoms with Gasteiger partial charge in [-0.2, -0.15) is 0 Å². The molecule has 0 bridgehead atoms. The van der Waals surface area contributed by atoms with Crippen LogP contribution in [-0.2, 0) is 7.90 Å². The van der Waals surface area contributed by atoms with Gasteiger partial charge < -0.3 is 0 Å². The Morgan fingerprint density at radius 1 is 0.514 bits per heavy atom. The summed E-state index contributed by atoms with van der Waals surface area (Å²) in [6.45, 7) is 12.4. The van der Waals surface area contributed by atoms with E-state index in [4.69, 9.17) is 0 Å². The number of hydrogen-bond donors (Lipinski definition) is 0. The Kier molecular flexibility index (Phi) is 8.71. The highest BCUT2D eigenvalue weighted by Gasteiger charge is 2.55. The first-order chi connectivity index (χ1) is 17.8. The van der Waals surface area contributed by atoms with E-state index in [0.717, 1.165) is 19.6 Å². The Balaban J connectivity index is 2.11. The van der Waals surface area contributed by atoms with E-state index in [2.05, 4.69) is 13.2 Å². The predicted octanol–water partition coefficient (Wildman–Crippen LogP) is 10.4. The van der Waals surface area contributed by atoms with Gasteiger partial charge in [-0.15, -0.1) is 0 Å². The third-order valence-electron chi connectivity index (χ3n) is 5.51. The van der Waals surface area contributed by atoms with Gasteiger partial charge in [0.05, 0.1) is 0 Å². The van der Waals surface area contributed by atoms with Crippen molar-refractivity contribution in [3.05, 3.63) is 144 Å². The Labute approximate surface area is 230 Å². The zero-order chi connectivity index (χ0) is 26.5. The van der Waals surface area contributed by atoms with Crippen LogP contribution in [0.25, 0.3) is 0 Å². The molecule has 0 fully saturated rings. The van der Waals surface area contributed by atoms with E-state index >= 15 is 8.42 Å². The molecule has 0 aromatic heterocycles. The van der Waals surface area contributed by atoms with E-state index in [-0.39, 0.29) is 0 Å². The van der Waals surface area contributed by atoms with Crippen molar-refractivity contribution in [2.75, 3.05) is 0 Å². The quantitative estimate of drug-likeness (QED) is 0.174. The lowest BCUT2D eigenvalue weighted by Gasteiger charge is -2.49. The normalized spacial score (nSPS) is 16.5. The molecule has 2 atom stereocenters. The van der Waals surface area contributed by atoms with Crippen molar-refractivity contribution in [1.29, 1.82) is 0 Å². The highest BCUT2D eigenvalue weighted by molar-refractivity contribution is 9.49. The lowest BCUT2D eigenvalue weighted by Crippen LogP contribution is -2.19. The van der Waals surface area contributed by atoms with E-state index in [1.165, 1.54) is 21.6 Å². The first-order valence-electron chi connectivity index (χ1n) is 11.6. The Morgan fingerprint density at radius 2 is 0.784 bits per heavy atom. The molecule has 7 heteroatoms. The van der Waals surface area contributed by atoms with Crippen LogP contribution in [0.3, 0.4) is 0 Å². The van der Waals surface area contributed by atoms with Gasteiger partial charge >= 0.3 is 0 Å². The summed E-state index contributed by atoms with van der Waals surface area (Å²) < 4.78 is 31.4. The summed E-state index contributed by atoms with van der Waals surface area (Å²) in [5.74, 6) is 0. The molecule has 4 aromatic rings. The molecule has 37 heavy (non-hydrogen) atoms. The number of allylic oxidation sites excluding steroid dienone is 2. The molecule has 0 aliphatic heterocycles. The summed E-state index contributed by atoms with van der Waals surface area (Å²) in [6.07, 6.45) is 0. The number of benzene rings is 4. The van der Waals surface area contributed by atoms with Crippen LogP contribution in [0.5, 0.6) is 0 Å². The minimum Gasteiger partial charge on any atom is -0.206 e. The van der Waals surface area contributed by atoms with Crippen molar-refractivity contribution in [2.24, 2.45) is 0 Å². The SMILES string of the molecule is C=C(C)S(Sc1ccccc1)(c1ccccc1)S(=O)(=O)S(Sc1ccccc1)(C(=C)C)c1ccccc1. The second-order valence-electron chi connectivity index (χ2n) is 8.24. The molecule has 0 radical (unpaired) electrons. The molecule has 4 aromatic carbocycles. The topological polar surface area (TPSA) is 34.1 Å². The third-order valence-corrected chi connectivity index (χ3v) is 33.1. The van der Waals surface area contributed by atoms with E-state index in [0.29, 0.717) is 9.81 Å². The Morgan fingerprint density at radius 3 is 1.05 bits per heavy atom. The largest absolute Gasteiger partial charge is 0.251 e. The Hall–Kier alpha value is -2.29. The van der Waals surface area contributed by atoms with Crippen molar-refractivity contribution < 1.29 is 8.42 Å². The summed E-state index contributed by atoms with van der Waals surface area (Å²) in [5.41, 5.74) is 0. The van der Waals surface area contributed by atoms with Gasteiger partial charge in [0.2, 0.25) is 0 Å². The molecular weight excluding hydrogens is 553 g/mol. The standard InChI is InChI=1S/C30H30O2S5/c1-25(2)35(29-21-13-7-14-22-29,33-27-17-9-5-10-18-27)37(31,32)36(26(3)4,30-23-15-8-16-24-30)34-28-19-11-6-12-20-28/h5-24H,1,3H2,2,4H3. The molecule has 0 N–H and O–H groups in total. The van der Waals surface area contributed by atoms with Crippen LogP contribution in [0.4, 0.5) is 0 Å². The van der Waals surface area contributed by atoms with Crippen LogP contribution in [0.1, 0.15) is 13.8 Å². The lowest BCUT2D eigenvalue weighted by molar-refractivity contribution is 0.622. The molecular formula is C30H30O2S5. The van der Waals surface area contributed by atoms with Crippen molar-refractivity contribution in [2.45, 2.75) is 33.4 Å². The summed E-state index contributed by atoms with van der Waals surface area (Å²) in [4.78, 5) is 4.57. The fraction of sp³-hybridized carbons (Fsp3) is 0.0667. The van der Waals surface area contributed by atoms with E-state index in [1.807, 2.05) is 135 Å². The van der Waals surface area contributed by atoms with Crippen molar-refractivity contribution in [3.8, 4) is 0 Å². The summed E-state index contributed by atoms with van der Waals surface area (Å²) in [7, 11) is -6.65. The molecule has 0 saturated heterocycles. The maximum absolute atomic E-state index is 15.7. The third kappa shape index (κ3) is 5.08. The molecule has 0 spiro atoms. The smallest absolute Gasteiger partial charge is 0.206 e. The monoisotopic (exact) mass is 582 g/mol. The molecule has 192 valence electrons. The highest BCUT2D eigenvalue weighted by atomic mass is 33.9. The van der Waals surface area contributed by atoms with E-state index in [9.17, 15) is 0 Å². The maximum Gasteiger partial charge on any atom is 0.251 e. The molecule has 2 unspecified atom stereocenters. The second kappa shape index (κ2) is 11.6. The van der Waals surface area contributed by atoms with E-state index in [1.54, 1.807) is 0 Å². The lowest BCUT2D eigenvalue weighted by atomic mass is 10.4. The van der Waals surface area contributed by atoms with Gasteiger partial charge in [-0.25, -0.2) is 8.42 Å². The fourth-order valence-corrected chi connectivity index (χ4v) is 34.5. The zero-order valence-corrected chi connectivity index (χ0v) is 24.9. The van der Waals surface area contributed by atoms with Gasteiger partial charge in [0.25, 0.3) is 7.90 Å². The average molecular weight is 583 g/mol. The van der Waals surface area contributed by atoms with Gasteiger partial charge in [-0.1, -0.05) is 108 Å². The van der Waals surface area contributed by atoms with Crippen molar-refractivity contribution in [3.63, 3.8) is 0 Å². The summed E-state index contributed by atoms with van der Waals surface area (Å²) in [6, 6.07) is 38.7. The molecule has 2 nitrogen and oxygen atoms in total. The van der Waals surface area contributed by atoms with Crippen molar-refractivity contribution in [1.82, 2.24) is 0 Å². The zero-order valence-electron chi connectivity index (χ0n) is 20.8. The minimum atomic E-state index is -3.99. The second-order valence-corrected chi connectivity index (χ2v) is 26.2. The predicted molar refractivity (Wildman–Crippen MR) is 168 cm³/mol. The van der Waals surface area contributed by atoms with Gasteiger partial charge in [0.15, 0.2) is 0 Å². The number of hydrogen-bond acceptors (Lipinski definition) is 4. The van der Waals surface area contributed by atoms with Crippen LogP contribution in [0.15, 0.2) is 164 Å². The highest BCUT2D eigenvalue weighted by Crippen LogP contribution is 2.91. The fourth-order valence-electron chi connectivity index (χ4n) is 3.87. The van der Waals surface area contributed by atoms with Crippen LogP contribution >= 0.6 is 37.8 Å². The maximum atomic E-state index is 15.7. The van der Waals surface area contributed by atoms with Gasteiger partial charge in [0, 0.05) is 19.6 Å². The van der Waals surface area contributed by atoms with E-state index < -0.39 is 24.1 Å². The summed E-state index contributed by atoms with van der Waals surface area (Å²) in [5, 5.41) is 0. The van der Waals surface area contributed by atoms with Crippen LogP contribution in [0, 0.1) is 0 Å². The molecule has 0 heterocycles. The minimum absolute atomic E-state index is 0.635. The van der Waals surface area contributed by atoms with Gasteiger partial charge in [-0.3, -0.25) is 0 Å². The first kappa shape index (κ1) is 27.7.